The SMILES string of the molecule is O=C(O)c1c(Sc2ccc(Cl)cc2)c(-c2ccccc2)nc2ccccc12. The maximum absolute atomic E-state index is 12.2. The zero-order valence-electron chi connectivity index (χ0n) is 14.1. The van der Waals surface area contributed by atoms with Gasteiger partial charge in [-0.15, -0.1) is 0 Å². The van der Waals surface area contributed by atoms with Crippen LogP contribution in [0.5, 0.6) is 0 Å². The number of fused-ring (bicyclic) bond motifs is 1. The zero-order chi connectivity index (χ0) is 18.8. The van der Waals surface area contributed by atoms with Crippen molar-refractivity contribution >= 4 is 40.2 Å². The van der Waals surface area contributed by atoms with E-state index >= 15 is 0 Å². The van der Waals surface area contributed by atoms with Gasteiger partial charge in [-0.25, -0.2) is 9.78 Å². The summed E-state index contributed by atoms with van der Waals surface area (Å²) in [5.74, 6) is -0.970. The largest absolute Gasteiger partial charge is 0.478 e. The van der Waals surface area contributed by atoms with Gasteiger partial charge in [0.25, 0.3) is 0 Å². The predicted octanol–water partition coefficient (Wildman–Crippen LogP) is 6.40. The lowest BCUT2D eigenvalue weighted by Crippen LogP contribution is -2.04. The van der Waals surface area contributed by atoms with Crippen molar-refractivity contribution in [3.05, 3.63) is 89.4 Å². The van der Waals surface area contributed by atoms with Gasteiger partial charge in [-0.3, -0.25) is 0 Å². The fourth-order valence-electron chi connectivity index (χ4n) is 2.92. The molecular formula is C22H14ClNO2S. The maximum Gasteiger partial charge on any atom is 0.337 e. The Balaban J connectivity index is 2.01. The molecule has 4 rings (SSSR count). The van der Waals surface area contributed by atoms with E-state index in [0.717, 1.165) is 10.5 Å². The molecule has 4 aromatic rings. The van der Waals surface area contributed by atoms with Gasteiger partial charge in [0.05, 0.1) is 21.7 Å². The molecule has 0 radical (unpaired) electrons. The van der Waals surface area contributed by atoms with E-state index in [-0.39, 0.29) is 5.56 Å². The van der Waals surface area contributed by atoms with Crippen molar-refractivity contribution in [2.45, 2.75) is 9.79 Å². The number of carboxylic acids is 1. The van der Waals surface area contributed by atoms with E-state index in [2.05, 4.69) is 0 Å². The highest BCUT2D eigenvalue weighted by molar-refractivity contribution is 7.99. The summed E-state index contributed by atoms with van der Waals surface area (Å²) in [5.41, 5.74) is 2.46. The Labute approximate surface area is 165 Å². The Hall–Kier alpha value is -2.82. The maximum atomic E-state index is 12.2. The number of nitrogens with zero attached hydrogens (tertiary/aromatic N) is 1. The molecule has 0 atom stereocenters. The molecule has 0 aliphatic rings. The molecule has 132 valence electrons. The van der Waals surface area contributed by atoms with Gasteiger partial charge >= 0.3 is 5.97 Å². The lowest BCUT2D eigenvalue weighted by atomic mass is 10.0. The van der Waals surface area contributed by atoms with Crippen LogP contribution in [0.4, 0.5) is 0 Å². The van der Waals surface area contributed by atoms with E-state index < -0.39 is 5.97 Å². The molecular weight excluding hydrogens is 378 g/mol. The van der Waals surface area contributed by atoms with Crippen molar-refractivity contribution in [3.8, 4) is 11.3 Å². The molecule has 0 fully saturated rings. The molecule has 1 N–H and O–H groups in total. The smallest absolute Gasteiger partial charge is 0.337 e. The van der Waals surface area contributed by atoms with Crippen molar-refractivity contribution in [2.24, 2.45) is 0 Å². The first-order valence-electron chi connectivity index (χ1n) is 8.28. The number of carbonyl (C=O) groups is 1. The van der Waals surface area contributed by atoms with Crippen LogP contribution in [0, 0.1) is 0 Å². The number of benzene rings is 3. The van der Waals surface area contributed by atoms with E-state index in [4.69, 9.17) is 16.6 Å². The molecule has 0 aliphatic carbocycles. The Morgan fingerprint density at radius 2 is 1.56 bits per heavy atom. The van der Waals surface area contributed by atoms with Gasteiger partial charge < -0.3 is 5.11 Å². The van der Waals surface area contributed by atoms with Gasteiger partial charge in [0, 0.05) is 20.9 Å². The molecule has 0 saturated carbocycles. The first-order chi connectivity index (χ1) is 13.1. The highest BCUT2D eigenvalue weighted by atomic mass is 35.5. The number of halogens is 1. The van der Waals surface area contributed by atoms with Crippen LogP contribution in [0.25, 0.3) is 22.2 Å². The number of aromatic carboxylic acids is 1. The van der Waals surface area contributed by atoms with Crippen molar-refractivity contribution in [1.82, 2.24) is 4.98 Å². The molecule has 0 spiro atoms. The summed E-state index contributed by atoms with van der Waals surface area (Å²) < 4.78 is 0. The van der Waals surface area contributed by atoms with Crippen LogP contribution >= 0.6 is 23.4 Å². The molecule has 0 bridgehead atoms. The van der Waals surface area contributed by atoms with Crippen LogP contribution in [0.2, 0.25) is 5.02 Å². The molecule has 1 aromatic heterocycles. The van der Waals surface area contributed by atoms with Crippen molar-refractivity contribution in [1.29, 1.82) is 0 Å². The van der Waals surface area contributed by atoms with Gasteiger partial charge in [-0.2, -0.15) is 0 Å². The molecule has 0 aliphatic heterocycles. The third-order valence-corrected chi connectivity index (χ3v) is 5.50. The Kier molecular flexibility index (Phi) is 4.84. The quantitative estimate of drug-likeness (QED) is 0.437. The summed E-state index contributed by atoms with van der Waals surface area (Å²) in [5, 5.41) is 11.3. The number of carboxylic acid groups (broad SMARTS) is 1. The predicted molar refractivity (Wildman–Crippen MR) is 110 cm³/mol. The van der Waals surface area contributed by atoms with E-state index in [9.17, 15) is 9.90 Å². The highest BCUT2D eigenvalue weighted by Gasteiger charge is 2.22. The molecule has 27 heavy (non-hydrogen) atoms. The Bertz CT molecular complexity index is 1130. The fraction of sp³-hybridized carbons (Fsp3) is 0. The third-order valence-electron chi connectivity index (χ3n) is 4.14. The number of hydrogen-bond acceptors (Lipinski definition) is 3. The number of para-hydroxylation sites is 1. The molecule has 0 unspecified atom stereocenters. The Morgan fingerprint density at radius 1 is 0.889 bits per heavy atom. The van der Waals surface area contributed by atoms with Gasteiger partial charge in [0.2, 0.25) is 0 Å². The topological polar surface area (TPSA) is 50.2 Å². The second-order valence-electron chi connectivity index (χ2n) is 5.91. The van der Waals surface area contributed by atoms with E-state index in [1.54, 1.807) is 18.2 Å². The summed E-state index contributed by atoms with van der Waals surface area (Å²) in [7, 11) is 0. The number of hydrogen-bond donors (Lipinski definition) is 1. The zero-order valence-corrected chi connectivity index (χ0v) is 15.7. The molecule has 0 amide bonds. The van der Waals surface area contributed by atoms with Crippen LogP contribution in [0.3, 0.4) is 0 Å². The van der Waals surface area contributed by atoms with E-state index in [1.807, 2.05) is 60.7 Å². The van der Waals surface area contributed by atoms with Crippen LogP contribution in [0.1, 0.15) is 10.4 Å². The van der Waals surface area contributed by atoms with Crippen LogP contribution in [-0.4, -0.2) is 16.1 Å². The lowest BCUT2D eigenvalue weighted by molar-refractivity contribution is 0.0695. The van der Waals surface area contributed by atoms with Gasteiger partial charge in [-0.1, -0.05) is 71.9 Å². The van der Waals surface area contributed by atoms with E-state index in [1.165, 1.54) is 11.8 Å². The summed E-state index contributed by atoms with van der Waals surface area (Å²) >= 11 is 7.37. The fourth-order valence-corrected chi connectivity index (χ4v) is 4.11. The van der Waals surface area contributed by atoms with Crippen molar-refractivity contribution < 1.29 is 9.90 Å². The number of aromatic nitrogens is 1. The molecule has 3 aromatic carbocycles. The molecule has 0 saturated heterocycles. The van der Waals surface area contributed by atoms with E-state index in [0.29, 0.717) is 26.5 Å². The van der Waals surface area contributed by atoms with Crippen LogP contribution in [0.15, 0.2) is 88.7 Å². The van der Waals surface area contributed by atoms with Gasteiger partial charge in [-0.05, 0) is 30.3 Å². The summed E-state index contributed by atoms with van der Waals surface area (Å²) in [4.78, 5) is 18.5. The second-order valence-corrected chi connectivity index (χ2v) is 7.43. The lowest BCUT2D eigenvalue weighted by Gasteiger charge is -2.15. The molecule has 1 heterocycles. The standard InChI is InChI=1S/C22H14ClNO2S/c23-15-10-12-16(13-11-15)27-21-19(22(25)26)17-8-4-5-9-18(17)24-20(21)14-6-2-1-3-7-14/h1-13H,(H,25,26). The highest BCUT2D eigenvalue weighted by Crippen LogP contribution is 2.40. The number of pyridine rings is 1. The van der Waals surface area contributed by atoms with Gasteiger partial charge in [0.1, 0.15) is 0 Å². The normalized spacial score (nSPS) is 10.9. The minimum atomic E-state index is -0.970. The molecule has 3 nitrogen and oxygen atoms in total. The van der Waals surface area contributed by atoms with Crippen molar-refractivity contribution in [3.63, 3.8) is 0 Å². The minimum absolute atomic E-state index is 0.263. The first kappa shape index (κ1) is 17.6. The van der Waals surface area contributed by atoms with Crippen LogP contribution < -0.4 is 0 Å². The first-order valence-corrected chi connectivity index (χ1v) is 9.48. The summed E-state index contributed by atoms with van der Waals surface area (Å²) in [6.07, 6.45) is 0. The second kappa shape index (κ2) is 7.43. The monoisotopic (exact) mass is 391 g/mol. The summed E-state index contributed by atoms with van der Waals surface area (Å²) in [6.45, 7) is 0. The summed E-state index contributed by atoms with van der Waals surface area (Å²) in [6, 6.07) is 24.3. The molecule has 5 heteroatoms. The number of rotatable bonds is 4. The average Bonchev–Trinajstić information content (AvgIpc) is 2.69. The van der Waals surface area contributed by atoms with Crippen molar-refractivity contribution in [2.75, 3.05) is 0 Å². The minimum Gasteiger partial charge on any atom is -0.478 e. The average molecular weight is 392 g/mol. The van der Waals surface area contributed by atoms with Crippen LogP contribution in [-0.2, 0) is 0 Å². The Morgan fingerprint density at radius 3 is 2.26 bits per heavy atom. The third kappa shape index (κ3) is 3.54. The van der Waals surface area contributed by atoms with Gasteiger partial charge in [0.15, 0.2) is 0 Å².